The molecule has 1 aliphatic rings. The molecule has 0 bridgehead atoms. The van der Waals surface area contributed by atoms with Crippen LogP contribution in [0.4, 0.5) is 5.69 Å². The van der Waals surface area contributed by atoms with Crippen molar-refractivity contribution in [1.29, 1.82) is 0 Å². The van der Waals surface area contributed by atoms with Crippen molar-refractivity contribution >= 4 is 13.9 Å². The van der Waals surface area contributed by atoms with Gasteiger partial charge in [0.15, 0.2) is 8.24 Å². The summed E-state index contributed by atoms with van der Waals surface area (Å²) in [5.74, 6) is 0. The Labute approximate surface area is 126 Å². The number of benzene rings is 1. The molecule has 0 unspecified atom stereocenters. The molecule has 2 heteroatoms. The summed E-state index contributed by atoms with van der Waals surface area (Å²) in [7, 11) is -1.58. The molecular weight excluding hydrogens is 258 g/mol. The second-order valence-corrected chi connectivity index (χ2v) is 13.1. The standard InChI is InChI=1S/C18H31NSi/c1-13(2)20(14(3)4,15(5)6)19-16(7)12-17-10-8-9-11-18(17)19/h8-11,13-16H,12H2,1-7H3/t16-/m0/s1. The van der Waals surface area contributed by atoms with E-state index in [2.05, 4.69) is 77.3 Å². The maximum absolute atomic E-state index is 2.89. The molecule has 1 aliphatic heterocycles. The van der Waals surface area contributed by atoms with Gasteiger partial charge in [-0.2, -0.15) is 0 Å². The van der Waals surface area contributed by atoms with Crippen molar-refractivity contribution in [1.82, 2.24) is 0 Å². The van der Waals surface area contributed by atoms with Crippen LogP contribution in [0.25, 0.3) is 0 Å². The fourth-order valence-corrected chi connectivity index (χ4v) is 12.1. The zero-order valence-corrected chi connectivity index (χ0v) is 15.3. The van der Waals surface area contributed by atoms with E-state index in [0.29, 0.717) is 6.04 Å². The molecule has 2 rings (SSSR count). The Hall–Kier alpha value is -0.763. The van der Waals surface area contributed by atoms with E-state index in [1.807, 2.05) is 0 Å². The maximum atomic E-state index is 2.89. The lowest BCUT2D eigenvalue weighted by molar-refractivity contribution is 0.704. The van der Waals surface area contributed by atoms with E-state index in [-0.39, 0.29) is 0 Å². The summed E-state index contributed by atoms with van der Waals surface area (Å²) < 4.78 is 2.89. The van der Waals surface area contributed by atoms with Crippen molar-refractivity contribution in [3.63, 3.8) is 0 Å². The van der Waals surface area contributed by atoms with Crippen molar-refractivity contribution in [2.24, 2.45) is 0 Å². The molecule has 1 atom stereocenters. The third-order valence-electron chi connectivity index (χ3n) is 5.40. The van der Waals surface area contributed by atoms with Gasteiger partial charge < -0.3 is 4.57 Å². The predicted octanol–water partition coefficient (Wildman–Crippen LogP) is 5.61. The van der Waals surface area contributed by atoms with Crippen molar-refractivity contribution in [2.75, 3.05) is 4.57 Å². The Balaban J connectivity index is 2.60. The van der Waals surface area contributed by atoms with E-state index in [9.17, 15) is 0 Å². The van der Waals surface area contributed by atoms with Crippen molar-refractivity contribution in [2.45, 2.75) is 77.6 Å². The Kier molecular flexibility index (Phi) is 4.34. The first-order chi connectivity index (χ1) is 9.33. The van der Waals surface area contributed by atoms with Crippen LogP contribution >= 0.6 is 0 Å². The van der Waals surface area contributed by atoms with E-state index in [1.165, 1.54) is 12.1 Å². The van der Waals surface area contributed by atoms with Crippen LogP contribution in [0, 0.1) is 0 Å². The van der Waals surface area contributed by atoms with Gasteiger partial charge in [-0.1, -0.05) is 59.7 Å². The molecule has 0 saturated heterocycles. The molecule has 0 radical (unpaired) electrons. The minimum Gasteiger partial charge on any atom is -0.394 e. The normalized spacial score (nSPS) is 19.3. The van der Waals surface area contributed by atoms with Gasteiger partial charge in [-0.3, -0.25) is 0 Å². The molecule has 1 aromatic carbocycles. The lowest BCUT2D eigenvalue weighted by Gasteiger charge is -2.53. The van der Waals surface area contributed by atoms with E-state index in [0.717, 1.165) is 16.6 Å². The number of nitrogens with zero attached hydrogens (tertiary/aromatic N) is 1. The SMILES string of the molecule is CC(C)[Si](C(C)C)(C(C)C)N1c2ccccc2C[C@@H]1C. The highest BCUT2D eigenvalue weighted by Gasteiger charge is 2.51. The van der Waals surface area contributed by atoms with Gasteiger partial charge in [0.05, 0.1) is 0 Å². The summed E-state index contributed by atoms with van der Waals surface area (Å²) in [6.07, 6.45) is 1.22. The third kappa shape index (κ3) is 2.13. The minimum absolute atomic E-state index is 0.659. The van der Waals surface area contributed by atoms with Crippen LogP contribution in [0.5, 0.6) is 0 Å². The largest absolute Gasteiger partial charge is 0.394 e. The molecule has 0 aliphatic carbocycles. The van der Waals surface area contributed by atoms with Gasteiger partial charge in [-0.25, -0.2) is 0 Å². The van der Waals surface area contributed by atoms with E-state index in [1.54, 1.807) is 5.56 Å². The highest BCUT2D eigenvalue weighted by molar-refractivity contribution is 6.87. The first-order valence-corrected chi connectivity index (χ1v) is 10.4. The van der Waals surface area contributed by atoms with Crippen molar-refractivity contribution < 1.29 is 0 Å². The number of para-hydroxylation sites is 1. The van der Waals surface area contributed by atoms with Gasteiger partial charge in [0.1, 0.15) is 0 Å². The first-order valence-electron chi connectivity index (χ1n) is 8.20. The van der Waals surface area contributed by atoms with Crippen LogP contribution in [0.3, 0.4) is 0 Å². The fraction of sp³-hybridized carbons (Fsp3) is 0.667. The summed E-state index contributed by atoms with van der Waals surface area (Å²) in [5, 5.41) is 0. The second-order valence-electron chi connectivity index (χ2n) is 7.40. The molecule has 1 heterocycles. The van der Waals surface area contributed by atoms with Gasteiger partial charge in [0.2, 0.25) is 0 Å². The molecule has 0 aromatic heterocycles. The zero-order valence-electron chi connectivity index (χ0n) is 14.3. The molecule has 1 aromatic rings. The number of hydrogen-bond acceptors (Lipinski definition) is 1. The van der Waals surface area contributed by atoms with Crippen LogP contribution in [0.2, 0.25) is 16.6 Å². The van der Waals surface area contributed by atoms with Crippen molar-refractivity contribution in [3.05, 3.63) is 29.8 Å². The Morgan fingerprint density at radius 1 is 0.950 bits per heavy atom. The Morgan fingerprint density at radius 3 is 1.95 bits per heavy atom. The summed E-state index contributed by atoms with van der Waals surface area (Å²) in [6, 6.07) is 9.74. The van der Waals surface area contributed by atoms with E-state index in [4.69, 9.17) is 0 Å². The number of fused-ring (bicyclic) bond motifs is 1. The van der Waals surface area contributed by atoms with Crippen LogP contribution < -0.4 is 4.57 Å². The topological polar surface area (TPSA) is 3.24 Å². The van der Waals surface area contributed by atoms with Crippen LogP contribution in [-0.2, 0) is 6.42 Å². The van der Waals surface area contributed by atoms with Gasteiger partial charge in [0.25, 0.3) is 0 Å². The molecule has 112 valence electrons. The fourth-order valence-electron chi connectivity index (χ4n) is 4.99. The van der Waals surface area contributed by atoms with Gasteiger partial charge in [-0.15, -0.1) is 0 Å². The molecule has 0 amide bonds. The first kappa shape index (κ1) is 15.6. The Bertz CT molecular complexity index is 442. The van der Waals surface area contributed by atoms with Crippen molar-refractivity contribution in [3.8, 4) is 0 Å². The number of rotatable bonds is 4. The number of hydrogen-bond donors (Lipinski definition) is 0. The number of anilines is 1. The average molecular weight is 290 g/mol. The maximum Gasteiger partial charge on any atom is 0.164 e. The quantitative estimate of drug-likeness (QED) is 0.651. The summed E-state index contributed by atoms with van der Waals surface area (Å²) in [4.78, 5) is 0. The molecule has 0 fully saturated rings. The van der Waals surface area contributed by atoms with Gasteiger partial charge in [0, 0.05) is 11.7 Å². The van der Waals surface area contributed by atoms with Gasteiger partial charge >= 0.3 is 0 Å². The monoisotopic (exact) mass is 289 g/mol. The molecule has 0 spiro atoms. The lowest BCUT2D eigenvalue weighted by atomic mass is 10.1. The lowest BCUT2D eigenvalue weighted by Crippen LogP contribution is -2.62. The highest BCUT2D eigenvalue weighted by Crippen LogP contribution is 2.49. The highest BCUT2D eigenvalue weighted by atomic mass is 28.3. The summed E-state index contributed by atoms with van der Waals surface area (Å²) in [5.41, 5.74) is 5.41. The van der Waals surface area contributed by atoms with Gasteiger partial charge in [-0.05, 0) is 41.6 Å². The van der Waals surface area contributed by atoms with E-state index >= 15 is 0 Å². The molecular formula is C18H31NSi. The molecule has 0 N–H and O–H groups in total. The average Bonchev–Trinajstić information content (AvgIpc) is 2.66. The van der Waals surface area contributed by atoms with E-state index < -0.39 is 8.24 Å². The molecule has 1 nitrogen and oxygen atoms in total. The zero-order chi connectivity index (χ0) is 15.1. The smallest absolute Gasteiger partial charge is 0.164 e. The van der Waals surface area contributed by atoms with Crippen LogP contribution in [0.1, 0.15) is 54.0 Å². The second kappa shape index (κ2) is 5.55. The minimum atomic E-state index is -1.58. The molecule has 20 heavy (non-hydrogen) atoms. The third-order valence-corrected chi connectivity index (χ3v) is 12.5. The summed E-state index contributed by atoms with van der Waals surface area (Å²) in [6.45, 7) is 17.2. The molecule has 0 saturated carbocycles. The van der Waals surface area contributed by atoms with Crippen LogP contribution in [0.15, 0.2) is 24.3 Å². The predicted molar refractivity (Wildman–Crippen MR) is 93.1 cm³/mol. The van der Waals surface area contributed by atoms with Crippen LogP contribution in [-0.4, -0.2) is 14.3 Å². The summed E-state index contributed by atoms with van der Waals surface area (Å²) >= 11 is 0. The Morgan fingerprint density at radius 2 is 1.45 bits per heavy atom.